The highest BCUT2D eigenvalue weighted by atomic mass is 32.1. The normalized spacial score (nSPS) is 19.7. The van der Waals surface area contributed by atoms with E-state index >= 15 is 0 Å². The lowest BCUT2D eigenvalue weighted by Crippen LogP contribution is -2.50. The number of nitrogens with one attached hydrogen (secondary N) is 3. The molecule has 0 unspecified atom stereocenters. The Morgan fingerprint density at radius 1 is 1.23 bits per heavy atom. The average Bonchev–Trinajstić information content (AvgIpc) is 3.44. The molecule has 30 heavy (non-hydrogen) atoms. The van der Waals surface area contributed by atoms with Crippen LogP contribution in [0.2, 0.25) is 0 Å². The van der Waals surface area contributed by atoms with Crippen LogP contribution in [-0.4, -0.2) is 28.9 Å². The Kier molecular flexibility index (Phi) is 6.15. The van der Waals surface area contributed by atoms with Gasteiger partial charge in [-0.2, -0.15) is 16.6 Å². The van der Waals surface area contributed by atoms with Gasteiger partial charge in [-0.1, -0.05) is 12.8 Å². The van der Waals surface area contributed by atoms with E-state index in [4.69, 9.17) is 0 Å². The standard InChI is InChI=1S/C23H24N4O2S/c24-13-18(11-15-8-10-30-14-15)26-23(29)19-3-1-2-4-21(19)27-22(28)17-5-6-20-16(12-17)7-9-25-20/h5-10,12,14,18-19,21,25H,1-4,11H2,(H,26,29)(H,27,28)/t18-,19+,21-/m0/s1. The molecule has 1 saturated carbocycles. The number of carbonyl (C=O) groups excluding carboxylic acids is 2. The molecule has 2 amide bonds. The van der Waals surface area contributed by atoms with Gasteiger partial charge in [-0.25, -0.2) is 0 Å². The Morgan fingerprint density at radius 2 is 2.10 bits per heavy atom. The van der Waals surface area contributed by atoms with Crippen molar-refractivity contribution in [3.8, 4) is 6.07 Å². The fourth-order valence-electron chi connectivity index (χ4n) is 4.12. The minimum absolute atomic E-state index is 0.150. The Labute approximate surface area is 179 Å². The molecule has 1 fully saturated rings. The molecule has 0 spiro atoms. The molecular formula is C23H24N4O2S. The fourth-order valence-corrected chi connectivity index (χ4v) is 4.80. The predicted molar refractivity (Wildman–Crippen MR) is 117 cm³/mol. The van der Waals surface area contributed by atoms with Crippen molar-refractivity contribution in [2.75, 3.05) is 0 Å². The topological polar surface area (TPSA) is 97.8 Å². The molecular weight excluding hydrogens is 396 g/mol. The van der Waals surface area contributed by atoms with Crippen molar-refractivity contribution in [1.82, 2.24) is 15.6 Å². The Bertz CT molecular complexity index is 1070. The van der Waals surface area contributed by atoms with Gasteiger partial charge < -0.3 is 15.6 Å². The molecule has 0 radical (unpaired) electrons. The summed E-state index contributed by atoms with van der Waals surface area (Å²) in [7, 11) is 0. The summed E-state index contributed by atoms with van der Waals surface area (Å²) in [5, 5.41) is 20.4. The number of amides is 2. The van der Waals surface area contributed by atoms with E-state index in [2.05, 4.69) is 21.7 Å². The SMILES string of the molecule is N#C[C@H](Cc1ccsc1)NC(=O)[C@@H]1CCCC[C@@H]1NC(=O)c1ccc2[nH]ccc2c1. The molecule has 2 heterocycles. The quantitative estimate of drug-likeness (QED) is 0.566. The van der Waals surface area contributed by atoms with Gasteiger partial charge in [-0.05, 0) is 59.5 Å². The molecule has 0 bridgehead atoms. The minimum Gasteiger partial charge on any atom is -0.361 e. The van der Waals surface area contributed by atoms with Gasteiger partial charge in [0.1, 0.15) is 6.04 Å². The van der Waals surface area contributed by atoms with Gasteiger partial charge in [0.05, 0.1) is 12.0 Å². The highest BCUT2D eigenvalue weighted by Crippen LogP contribution is 2.26. The monoisotopic (exact) mass is 420 g/mol. The third-order valence-corrected chi connectivity index (χ3v) is 6.46. The number of hydrogen-bond donors (Lipinski definition) is 3. The maximum atomic E-state index is 12.9. The summed E-state index contributed by atoms with van der Waals surface area (Å²) in [6.45, 7) is 0. The Hall–Kier alpha value is -3.11. The molecule has 1 aromatic carbocycles. The molecule has 1 aliphatic carbocycles. The third kappa shape index (κ3) is 4.55. The highest BCUT2D eigenvalue weighted by molar-refractivity contribution is 7.07. The zero-order chi connectivity index (χ0) is 20.9. The van der Waals surface area contributed by atoms with Crippen LogP contribution in [0.5, 0.6) is 0 Å². The maximum Gasteiger partial charge on any atom is 0.251 e. The molecule has 154 valence electrons. The molecule has 3 atom stereocenters. The van der Waals surface area contributed by atoms with E-state index in [1.54, 1.807) is 17.4 Å². The summed E-state index contributed by atoms with van der Waals surface area (Å²) in [5.74, 6) is -0.641. The van der Waals surface area contributed by atoms with Crippen LogP contribution in [0.15, 0.2) is 47.3 Å². The van der Waals surface area contributed by atoms with Gasteiger partial charge in [-0.3, -0.25) is 9.59 Å². The zero-order valence-corrected chi connectivity index (χ0v) is 17.4. The number of H-pyrrole nitrogens is 1. The number of fused-ring (bicyclic) bond motifs is 1. The van der Waals surface area contributed by atoms with E-state index in [1.165, 1.54) is 0 Å². The number of nitrogens with zero attached hydrogens (tertiary/aromatic N) is 1. The van der Waals surface area contributed by atoms with Crippen LogP contribution in [0.3, 0.4) is 0 Å². The largest absolute Gasteiger partial charge is 0.361 e. The number of carbonyl (C=O) groups is 2. The van der Waals surface area contributed by atoms with E-state index in [9.17, 15) is 14.9 Å². The van der Waals surface area contributed by atoms with E-state index < -0.39 is 6.04 Å². The van der Waals surface area contributed by atoms with Crippen molar-refractivity contribution in [1.29, 1.82) is 5.26 Å². The van der Waals surface area contributed by atoms with Crippen LogP contribution < -0.4 is 10.6 Å². The van der Waals surface area contributed by atoms with Gasteiger partial charge in [-0.15, -0.1) is 0 Å². The zero-order valence-electron chi connectivity index (χ0n) is 16.6. The van der Waals surface area contributed by atoms with E-state index in [0.29, 0.717) is 18.4 Å². The van der Waals surface area contributed by atoms with Gasteiger partial charge in [0, 0.05) is 35.1 Å². The number of thiophene rings is 1. The first-order valence-electron chi connectivity index (χ1n) is 10.2. The second kappa shape index (κ2) is 9.14. The number of hydrogen-bond acceptors (Lipinski definition) is 4. The highest BCUT2D eigenvalue weighted by Gasteiger charge is 2.33. The summed E-state index contributed by atoms with van der Waals surface area (Å²) in [6, 6.07) is 10.8. The van der Waals surface area contributed by atoms with Crippen LogP contribution >= 0.6 is 11.3 Å². The fraction of sp³-hybridized carbons (Fsp3) is 0.348. The molecule has 4 rings (SSSR count). The predicted octanol–water partition coefficient (Wildman–Crippen LogP) is 3.77. The second-order valence-electron chi connectivity index (χ2n) is 7.78. The first-order chi connectivity index (χ1) is 14.6. The second-order valence-corrected chi connectivity index (χ2v) is 8.56. The number of benzene rings is 1. The van der Waals surface area contributed by atoms with Gasteiger partial charge >= 0.3 is 0 Å². The molecule has 2 aromatic heterocycles. The van der Waals surface area contributed by atoms with Crippen LogP contribution in [0.4, 0.5) is 0 Å². The summed E-state index contributed by atoms with van der Waals surface area (Å²) in [4.78, 5) is 28.9. The Balaban J connectivity index is 1.42. The lowest BCUT2D eigenvalue weighted by Gasteiger charge is -2.31. The van der Waals surface area contributed by atoms with Gasteiger partial charge in [0.15, 0.2) is 0 Å². The van der Waals surface area contributed by atoms with Crippen molar-refractivity contribution in [2.45, 2.75) is 44.2 Å². The summed E-state index contributed by atoms with van der Waals surface area (Å²) in [5.41, 5.74) is 2.61. The molecule has 3 aromatic rings. The minimum atomic E-state index is -0.568. The number of aromatic nitrogens is 1. The van der Waals surface area contributed by atoms with Crippen molar-refractivity contribution < 1.29 is 9.59 Å². The number of nitriles is 1. The van der Waals surface area contributed by atoms with Gasteiger partial charge in [0.25, 0.3) is 5.91 Å². The van der Waals surface area contributed by atoms with Crippen LogP contribution in [0.25, 0.3) is 10.9 Å². The lowest BCUT2D eigenvalue weighted by atomic mass is 9.83. The smallest absolute Gasteiger partial charge is 0.251 e. The summed E-state index contributed by atoms with van der Waals surface area (Å²) >= 11 is 1.57. The molecule has 3 N–H and O–H groups in total. The van der Waals surface area contributed by atoms with E-state index in [0.717, 1.165) is 35.7 Å². The Morgan fingerprint density at radius 3 is 2.90 bits per heavy atom. The van der Waals surface area contributed by atoms with E-state index in [1.807, 2.05) is 41.2 Å². The van der Waals surface area contributed by atoms with Gasteiger partial charge in [0.2, 0.25) is 5.91 Å². The molecule has 0 saturated heterocycles. The van der Waals surface area contributed by atoms with Crippen LogP contribution in [0.1, 0.15) is 41.6 Å². The van der Waals surface area contributed by atoms with Crippen molar-refractivity contribution in [2.24, 2.45) is 5.92 Å². The first kappa shape index (κ1) is 20.2. The summed E-state index contributed by atoms with van der Waals surface area (Å²) < 4.78 is 0. The maximum absolute atomic E-state index is 12.9. The van der Waals surface area contributed by atoms with Crippen molar-refractivity contribution >= 4 is 34.1 Å². The molecule has 6 nitrogen and oxygen atoms in total. The first-order valence-corrected chi connectivity index (χ1v) is 11.2. The number of aromatic amines is 1. The molecule has 0 aliphatic heterocycles. The van der Waals surface area contributed by atoms with E-state index in [-0.39, 0.29) is 23.8 Å². The van der Waals surface area contributed by atoms with Crippen LogP contribution in [-0.2, 0) is 11.2 Å². The third-order valence-electron chi connectivity index (χ3n) is 5.73. The number of rotatable bonds is 6. The van der Waals surface area contributed by atoms with Crippen molar-refractivity contribution in [3.63, 3.8) is 0 Å². The average molecular weight is 421 g/mol. The lowest BCUT2D eigenvalue weighted by molar-refractivity contribution is -0.127. The van der Waals surface area contributed by atoms with Crippen LogP contribution in [0, 0.1) is 17.2 Å². The van der Waals surface area contributed by atoms with Crippen molar-refractivity contribution in [3.05, 3.63) is 58.4 Å². The summed E-state index contributed by atoms with van der Waals surface area (Å²) in [6.07, 6.45) is 5.73. The molecule has 1 aliphatic rings. The molecule has 7 heteroatoms.